The minimum absolute atomic E-state index is 0.853. The second kappa shape index (κ2) is 4.34. The third-order valence-electron chi connectivity index (χ3n) is 2.77. The zero-order valence-corrected chi connectivity index (χ0v) is 10.8. The molecule has 0 amide bonds. The molecule has 0 N–H and O–H groups in total. The third kappa shape index (κ3) is 2.11. The number of halogens is 1. The number of rotatable bonds is 2. The van der Waals surface area contributed by atoms with Crippen molar-refractivity contribution in [3.05, 3.63) is 70.7 Å². The first-order valence-electron chi connectivity index (χ1n) is 5.48. The maximum atomic E-state index is 4.47. The first-order valence-corrected chi connectivity index (χ1v) is 6.28. The number of hydrogen-bond donors (Lipinski definition) is 0. The standard InChI is InChI=1S/C14H11BrN2/c15-12-6-7-13-9-16-14(17(13)10-12)8-11-4-2-1-3-5-11/h1-7,9-10H,8H2. The number of benzene rings is 1. The lowest BCUT2D eigenvalue weighted by Gasteiger charge is -2.02. The van der Waals surface area contributed by atoms with Gasteiger partial charge in [0.15, 0.2) is 0 Å². The zero-order chi connectivity index (χ0) is 11.7. The molecule has 1 aromatic carbocycles. The Labute approximate surface area is 108 Å². The smallest absolute Gasteiger partial charge is 0.117 e. The molecule has 0 spiro atoms. The molecule has 0 radical (unpaired) electrons. The maximum Gasteiger partial charge on any atom is 0.117 e. The number of imidazole rings is 1. The van der Waals surface area contributed by atoms with Gasteiger partial charge in [-0.1, -0.05) is 30.3 Å². The summed E-state index contributed by atoms with van der Waals surface area (Å²) in [5.74, 6) is 1.06. The summed E-state index contributed by atoms with van der Waals surface area (Å²) < 4.78 is 3.19. The molecule has 0 aliphatic heterocycles. The first kappa shape index (κ1) is 10.5. The maximum absolute atomic E-state index is 4.47. The quantitative estimate of drug-likeness (QED) is 0.702. The molecule has 84 valence electrons. The van der Waals surface area contributed by atoms with E-state index in [9.17, 15) is 0 Å². The molecule has 0 saturated carbocycles. The van der Waals surface area contributed by atoms with E-state index in [2.05, 4.69) is 61.8 Å². The number of nitrogens with zero attached hydrogens (tertiary/aromatic N) is 2. The fourth-order valence-electron chi connectivity index (χ4n) is 1.93. The van der Waals surface area contributed by atoms with Crippen LogP contribution in [-0.4, -0.2) is 9.38 Å². The Hall–Kier alpha value is -1.61. The summed E-state index contributed by atoms with van der Waals surface area (Å²) in [5.41, 5.74) is 2.40. The van der Waals surface area contributed by atoms with Crippen molar-refractivity contribution in [1.82, 2.24) is 9.38 Å². The Bertz CT molecular complexity index is 644. The highest BCUT2D eigenvalue weighted by Crippen LogP contribution is 2.16. The van der Waals surface area contributed by atoms with Gasteiger partial charge in [-0.25, -0.2) is 4.98 Å². The molecule has 0 saturated heterocycles. The van der Waals surface area contributed by atoms with E-state index in [1.54, 1.807) is 0 Å². The Morgan fingerprint density at radius 3 is 2.71 bits per heavy atom. The van der Waals surface area contributed by atoms with Crippen LogP contribution in [0.25, 0.3) is 5.52 Å². The molecule has 0 unspecified atom stereocenters. The summed E-state index contributed by atoms with van der Waals surface area (Å²) in [7, 11) is 0. The predicted molar refractivity (Wildman–Crippen MR) is 72.1 cm³/mol. The summed E-state index contributed by atoms with van der Waals surface area (Å²) in [4.78, 5) is 4.47. The molecule has 3 rings (SSSR count). The van der Waals surface area contributed by atoms with Crippen molar-refractivity contribution in [2.45, 2.75) is 6.42 Å². The van der Waals surface area contributed by atoms with Crippen molar-refractivity contribution in [2.24, 2.45) is 0 Å². The fourth-order valence-corrected chi connectivity index (χ4v) is 2.26. The van der Waals surface area contributed by atoms with Gasteiger partial charge in [-0.05, 0) is 33.6 Å². The fraction of sp³-hybridized carbons (Fsp3) is 0.0714. The molecule has 17 heavy (non-hydrogen) atoms. The highest BCUT2D eigenvalue weighted by molar-refractivity contribution is 9.10. The molecule has 2 aromatic heterocycles. The van der Waals surface area contributed by atoms with Crippen molar-refractivity contribution in [3.8, 4) is 0 Å². The zero-order valence-electron chi connectivity index (χ0n) is 9.18. The van der Waals surface area contributed by atoms with Crippen molar-refractivity contribution in [1.29, 1.82) is 0 Å². The van der Waals surface area contributed by atoms with E-state index < -0.39 is 0 Å². The van der Waals surface area contributed by atoms with Crippen LogP contribution in [0.1, 0.15) is 11.4 Å². The highest BCUT2D eigenvalue weighted by atomic mass is 79.9. The number of pyridine rings is 1. The largest absolute Gasteiger partial charge is 0.302 e. The second-order valence-corrected chi connectivity index (χ2v) is 4.89. The normalized spacial score (nSPS) is 10.9. The lowest BCUT2D eigenvalue weighted by molar-refractivity contribution is 0.959. The van der Waals surface area contributed by atoms with Gasteiger partial charge in [0.25, 0.3) is 0 Å². The Kier molecular flexibility index (Phi) is 2.69. The van der Waals surface area contributed by atoms with Crippen molar-refractivity contribution >= 4 is 21.4 Å². The third-order valence-corrected chi connectivity index (χ3v) is 3.24. The minimum atomic E-state index is 0.853. The molecule has 0 fully saturated rings. The van der Waals surface area contributed by atoms with Gasteiger partial charge in [-0.2, -0.15) is 0 Å². The summed E-state index contributed by atoms with van der Waals surface area (Å²) in [6.45, 7) is 0. The van der Waals surface area contributed by atoms with Gasteiger partial charge in [-0.15, -0.1) is 0 Å². The van der Waals surface area contributed by atoms with Crippen LogP contribution < -0.4 is 0 Å². The molecule has 2 nitrogen and oxygen atoms in total. The molecule has 0 aliphatic rings. The monoisotopic (exact) mass is 286 g/mol. The van der Waals surface area contributed by atoms with Gasteiger partial charge in [0.1, 0.15) is 5.82 Å². The summed E-state index contributed by atoms with van der Waals surface area (Å²) in [6, 6.07) is 14.5. The lowest BCUT2D eigenvalue weighted by atomic mass is 10.1. The van der Waals surface area contributed by atoms with E-state index in [0.717, 1.165) is 22.2 Å². The molecule has 0 atom stereocenters. The molecular formula is C14H11BrN2. The lowest BCUT2D eigenvalue weighted by Crippen LogP contribution is -1.96. The molecule has 0 bridgehead atoms. The summed E-state index contributed by atoms with van der Waals surface area (Å²) >= 11 is 3.49. The Morgan fingerprint density at radius 1 is 1.06 bits per heavy atom. The Morgan fingerprint density at radius 2 is 1.88 bits per heavy atom. The topological polar surface area (TPSA) is 17.3 Å². The van der Waals surface area contributed by atoms with Gasteiger partial charge in [0.2, 0.25) is 0 Å². The van der Waals surface area contributed by atoms with E-state index >= 15 is 0 Å². The van der Waals surface area contributed by atoms with Crippen molar-refractivity contribution in [2.75, 3.05) is 0 Å². The van der Waals surface area contributed by atoms with E-state index in [0.29, 0.717) is 0 Å². The highest BCUT2D eigenvalue weighted by Gasteiger charge is 2.04. The van der Waals surface area contributed by atoms with Crippen LogP contribution >= 0.6 is 15.9 Å². The van der Waals surface area contributed by atoms with Crippen molar-refractivity contribution in [3.63, 3.8) is 0 Å². The van der Waals surface area contributed by atoms with Gasteiger partial charge in [-0.3, -0.25) is 0 Å². The van der Waals surface area contributed by atoms with Crippen LogP contribution in [0.15, 0.2) is 59.3 Å². The van der Waals surface area contributed by atoms with Crippen LogP contribution in [0.5, 0.6) is 0 Å². The van der Waals surface area contributed by atoms with Gasteiger partial charge >= 0.3 is 0 Å². The van der Waals surface area contributed by atoms with Crippen LogP contribution in [0.3, 0.4) is 0 Å². The number of aromatic nitrogens is 2. The summed E-state index contributed by atoms with van der Waals surface area (Å²) in [6.07, 6.45) is 4.82. The van der Waals surface area contributed by atoms with Crippen LogP contribution in [0.2, 0.25) is 0 Å². The molecule has 3 heteroatoms. The molecular weight excluding hydrogens is 276 g/mol. The van der Waals surface area contributed by atoms with Crippen LogP contribution in [0, 0.1) is 0 Å². The van der Waals surface area contributed by atoms with Crippen LogP contribution in [0.4, 0.5) is 0 Å². The average Bonchev–Trinajstić information content (AvgIpc) is 2.73. The Balaban J connectivity index is 2.03. The second-order valence-electron chi connectivity index (χ2n) is 3.98. The van der Waals surface area contributed by atoms with Gasteiger partial charge in [0, 0.05) is 17.1 Å². The molecule has 2 heterocycles. The SMILES string of the molecule is Brc1ccc2cnc(Cc3ccccc3)n2c1. The van der Waals surface area contributed by atoms with Crippen LogP contribution in [-0.2, 0) is 6.42 Å². The molecule has 0 aliphatic carbocycles. The first-order chi connectivity index (χ1) is 8.33. The average molecular weight is 287 g/mol. The summed E-state index contributed by atoms with van der Waals surface area (Å²) in [5, 5.41) is 0. The predicted octanol–water partition coefficient (Wildman–Crippen LogP) is 3.69. The van der Waals surface area contributed by atoms with E-state index in [4.69, 9.17) is 0 Å². The van der Waals surface area contributed by atoms with Gasteiger partial charge < -0.3 is 4.40 Å². The number of hydrogen-bond acceptors (Lipinski definition) is 1. The van der Waals surface area contributed by atoms with E-state index in [1.807, 2.05) is 18.3 Å². The number of fused-ring (bicyclic) bond motifs is 1. The van der Waals surface area contributed by atoms with Gasteiger partial charge in [0.05, 0.1) is 11.7 Å². The van der Waals surface area contributed by atoms with E-state index in [1.165, 1.54) is 5.56 Å². The molecule has 3 aromatic rings. The minimum Gasteiger partial charge on any atom is -0.302 e. The van der Waals surface area contributed by atoms with E-state index in [-0.39, 0.29) is 0 Å². The van der Waals surface area contributed by atoms with Crippen molar-refractivity contribution < 1.29 is 0 Å².